The SMILES string of the molecule is CCCCCCCC/C=C\CCCCCCCC(=O)NCCCN(C)C. The van der Waals surface area contributed by atoms with Gasteiger partial charge in [-0.3, -0.25) is 4.79 Å². The van der Waals surface area contributed by atoms with Crippen molar-refractivity contribution in [2.75, 3.05) is 27.2 Å². The topological polar surface area (TPSA) is 32.3 Å². The summed E-state index contributed by atoms with van der Waals surface area (Å²) in [5.41, 5.74) is 0. The number of nitrogens with zero attached hydrogens (tertiary/aromatic N) is 1. The van der Waals surface area contributed by atoms with Gasteiger partial charge in [-0.1, -0.05) is 70.4 Å². The van der Waals surface area contributed by atoms with Crippen molar-refractivity contribution in [2.24, 2.45) is 0 Å². The third-order valence-electron chi connectivity index (χ3n) is 4.77. The molecule has 0 aliphatic carbocycles. The summed E-state index contributed by atoms with van der Waals surface area (Å²) in [6.07, 6.45) is 23.4. The Morgan fingerprint density at radius 1 is 0.769 bits per heavy atom. The smallest absolute Gasteiger partial charge is 0.219 e. The van der Waals surface area contributed by atoms with Crippen molar-refractivity contribution in [3.8, 4) is 0 Å². The molecule has 0 bridgehead atoms. The van der Waals surface area contributed by atoms with Crippen LogP contribution in [0.5, 0.6) is 0 Å². The quantitative estimate of drug-likeness (QED) is 0.221. The maximum Gasteiger partial charge on any atom is 0.219 e. The highest BCUT2D eigenvalue weighted by Gasteiger charge is 2.00. The van der Waals surface area contributed by atoms with E-state index in [2.05, 4.69) is 43.4 Å². The normalized spacial score (nSPS) is 11.5. The fourth-order valence-electron chi connectivity index (χ4n) is 3.07. The number of nitrogens with one attached hydrogen (secondary N) is 1. The summed E-state index contributed by atoms with van der Waals surface area (Å²) in [5.74, 6) is 0.224. The van der Waals surface area contributed by atoms with Crippen molar-refractivity contribution in [3.05, 3.63) is 12.2 Å². The number of carbonyl (C=O) groups excluding carboxylic acids is 1. The fraction of sp³-hybridized carbons (Fsp3) is 0.870. The molecule has 154 valence electrons. The van der Waals surface area contributed by atoms with Gasteiger partial charge in [0.25, 0.3) is 0 Å². The Kier molecular flexibility index (Phi) is 19.8. The first-order valence-electron chi connectivity index (χ1n) is 11.2. The lowest BCUT2D eigenvalue weighted by atomic mass is 10.1. The zero-order valence-electron chi connectivity index (χ0n) is 18.0. The van der Waals surface area contributed by atoms with E-state index in [1.54, 1.807) is 0 Å². The Bertz CT molecular complexity index is 326. The number of carbonyl (C=O) groups is 1. The average molecular weight is 367 g/mol. The van der Waals surface area contributed by atoms with Crippen molar-refractivity contribution >= 4 is 5.91 Å². The lowest BCUT2D eigenvalue weighted by Gasteiger charge is -2.09. The molecule has 0 saturated carbocycles. The monoisotopic (exact) mass is 366 g/mol. The molecule has 0 aromatic heterocycles. The second kappa shape index (κ2) is 20.5. The Labute approximate surface area is 164 Å². The second-order valence-electron chi connectivity index (χ2n) is 7.84. The number of hydrogen-bond acceptors (Lipinski definition) is 2. The van der Waals surface area contributed by atoms with Crippen LogP contribution in [0, 0.1) is 0 Å². The van der Waals surface area contributed by atoms with E-state index in [0.29, 0.717) is 6.42 Å². The second-order valence-corrected chi connectivity index (χ2v) is 7.84. The van der Waals surface area contributed by atoms with Gasteiger partial charge < -0.3 is 10.2 Å². The van der Waals surface area contributed by atoms with E-state index >= 15 is 0 Å². The van der Waals surface area contributed by atoms with Crippen LogP contribution < -0.4 is 5.32 Å². The van der Waals surface area contributed by atoms with Crippen LogP contribution in [0.2, 0.25) is 0 Å². The molecule has 0 rings (SSSR count). The minimum atomic E-state index is 0.224. The van der Waals surface area contributed by atoms with Gasteiger partial charge >= 0.3 is 0 Å². The highest BCUT2D eigenvalue weighted by atomic mass is 16.1. The minimum absolute atomic E-state index is 0.224. The van der Waals surface area contributed by atoms with E-state index in [-0.39, 0.29) is 5.91 Å². The Morgan fingerprint density at radius 2 is 1.31 bits per heavy atom. The van der Waals surface area contributed by atoms with E-state index in [1.165, 1.54) is 77.0 Å². The Balaban J connectivity index is 3.21. The van der Waals surface area contributed by atoms with Gasteiger partial charge in [0.1, 0.15) is 0 Å². The maximum atomic E-state index is 11.7. The summed E-state index contributed by atoms with van der Waals surface area (Å²) in [5, 5.41) is 3.01. The molecular formula is C23H46N2O. The molecule has 0 spiro atoms. The maximum absolute atomic E-state index is 11.7. The largest absolute Gasteiger partial charge is 0.356 e. The van der Waals surface area contributed by atoms with Crippen molar-refractivity contribution in [1.82, 2.24) is 10.2 Å². The molecular weight excluding hydrogens is 320 g/mol. The summed E-state index contributed by atoms with van der Waals surface area (Å²) in [6.45, 7) is 4.11. The molecule has 0 aliphatic heterocycles. The lowest BCUT2D eigenvalue weighted by molar-refractivity contribution is -0.121. The van der Waals surface area contributed by atoms with Crippen LogP contribution in [0.15, 0.2) is 12.2 Å². The molecule has 0 saturated heterocycles. The minimum Gasteiger partial charge on any atom is -0.356 e. The van der Waals surface area contributed by atoms with Gasteiger partial charge in [-0.15, -0.1) is 0 Å². The van der Waals surface area contributed by atoms with Gasteiger partial charge in [0.2, 0.25) is 5.91 Å². The highest BCUT2D eigenvalue weighted by molar-refractivity contribution is 5.75. The van der Waals surface area contributed by atoms with Gasteiger partial charge in [0.05, 0.1) is 0 Å². The van der Waals surface area contributed by atoms with Crippen LogP contribution in [0.1, 0.15) is 103 Å². The summed E-state index contributed by atoms with van der Waals surface area (Å²) < 4.78 is 0. The molecule has 0 radical (unpaired) electrons. The van der Waals surface area contributed by atoms with Gasteiger partial charge in [-0.25, -0.2) is 0 Å². The molecule has 1 N–H and O–H groups in total. The van der Waals surface area contributed by atoms with E-state index < -0.39 is 0 Å². The van der Waals surface area contributed by atoms with Gasteiger partial charge in [-0.05, 0) is 59.2 Å². The summed E-state index contributed by atoms with van der Waals surface area (Å²) in [6, 6.07) is 0. The molecule has 1 amide bonds. The average Bonchev–Trinajstić information content (AvgIpc) is 2.62. The van der Waals surface area contributed by atoms with E-state index in [9.17, 15) is 4.79 Å². The third kappa shape index (κ3) is 21.2. The zero-order chi connectivity index (χ0) is 19.3. The molecule has 26 heavy (non-hydrogen) atoms. The molecule has 0 aliphatic rings. The molecule has 0 atom stereocenters. The standard InChI is InChI=1S/C23H46N2O/c1-4-5-6-7-8-9-10-11-12-13-14-15-16-17-18-20-23(26)24-21-19-22-25(2)3/h11-12H,4-10,13-22H2,1-3H3,(H,24,26)/b12-11-. The fourth-order valence-corrected chi connectivity index (χ4v) is 3.07. The predicted octanol–water partition coefficient (Wildman–Crippen LogP) is 6.09. The van der Waals surface area contributed by atoms with Crippen LogP contribution in [-0.4, -0.2) is 38.0 Å². The third-order valence-corrected chi connectivity index (χ3v) is 4.77. The van der Waals surface area contributed by atoms with Crippen LogP contribution in [0.25, 0.3) is 0 Å². The zero-order valence-corrected chi connectivity index (χ0v) is 18.0. The number of unbranched alkanes of at least 4 members (excludes halogenated alkanes) is 11. The Hall–Kier alpha value is -0.830. The van der Waals surface area contributed by atoms with Gasteiger partial charge in [-0.2, -0.15) is 0 Å². The van der Waals surface area contributed by atoms with Gasteiger partial charge in [0.15, 0.2) is 0 Å². The first kappa shape index (κ1) is 25.2. The number of hydrogen-bond donors (Lipinski definition) is 1. The van der Waals surface area contributed by atoms with Crippen molar-refractivity contribution in [2.45, 2.75) is 103 Å². The number of amides is 1. The van der Waals surface area contributed by atoms with Crippen molar-refractivity contribution in [1.29, 1.82) is 0 Å². The molecule has 0 fully saturated rings. The first-order valence-corrected chi connectivity index (χ1v) is 11.2. The van der Waals surface area contributed by atoms with E-state index in [1.807, 2.05) is 0 Å². The van der Waals surface area contributed by atoms with Crippen LogP contribution in [0.3, 0.4) is 0 Å². The highest BCUT2D eigenvalue weighted by Crippen LogP contribution is 2.09. The number of allylic oxidation sites excluding steroid dienone is 2. The molecule has 0 aromatic rings. The van der Waals surface area contributed by atoms with Crippen LogP contribution in [0.4, 0.5) is 0 Å². The van der Waals surface area contributed by atoms with E-state index in [0.717, 1.165) is 25.9 Å². The van der Waals surface area contributed by atoms with Gasteiger partial charge in [0, 0.05) is 13.0 Å². The molecule has 3 nitrogen and oxygen atoms in total. The van der Waals surface area contributed by atoms with Crippen LogP contribution >= 0.6 is 0 Å². The van der Waals surface area contributed by atoms with E-state index in [4.69, 9.17) is 0 Å². The summed E-state index contributed by atoms with van der Waals surface area (Å²) >= 11 is 0. The van der Waals surface area contributed by atoms with Crippen molar-refractivity contribution < 1.29 is 4.79 Å². The number of rotatable bonds is 19. The predicted molar refractivity (Wildman–Crippen MR) is 116 cm³/mol. The van der Waals surface area contributed by atoms with Crippen molar-refractivity contribution in [3.63, 3.8) is 0 Å². The molecule has 0 aromatic carbocycles. The van der Waals surface area contributed by atoms with Crippen LogP contribution in [-0.2, 0) is 4.79 Å². The summed E-state index contributed by atoms with van der Waals surface area (Å²) in [4.78, 5) is 13.8. The Morgan fingerprint density at radius 3 is 1.88 bits per heavy atom. The first-order chi connectivity index (χ1) is 12.7. The lowest BCUT2D eigenvalue weighted by Crippen LogP contribution is -2.26. The molecule has 3 heteroatoms. The summed E-state index contributed by atoms with van der Waals surface area (Å²) in [7, 11) is 4.13. The molecule has 0 unspecified atom stereocenters. The molecule has 0 heterocycles.